The van der Waals surface area contributed by atoms with Crippen LogP contribution in [0.1, 0.15) is 16.7 Å². The summed E-state index contributed by atoms with van der Waals surface area (Å²) in [4.78, 5) is 12.7. The maximum absolute atomic E-state index is 12.9. The number of para-hydroxylation sites is 1. The molecular formula is C24H22Br2N2O5S. The number of sulfonamides is 1. The van der Waals surface area contributed by atoms with Crippen LogP contribution >= 0.6 is 31.9 Å². The molecule has 0 radical (unpaired) electrons. The number of carbonyl (C=O) groups excluding carboxylic acids is 1. The van der Waals surface area contributed by atoms with E-state index in [-0.39, 0.29) is 17.2 Å². The first-order chi connectivity index (χ1) is 16.3. The molecule has 0 aromatic heterocycles. The Hall–Kier alpha value is -2.56. The second-order valence-electron chi connectivity index (χ2n) is 7.70. The minimum atomic E-state index is -3.77. The Balaban J connectivity index is 1.45. The van der Waals surface area contributed by atoms with Crippen LogP contribution in [-0.4, -0.2) is 28.0 Å². The van der Waals surface area contributed by atoms with Gasteiger partial charge in [0.15, 0.2) is 0 Å². The van der Waals surface area contributed by atoms with Crippen molar-refractivity contribution in [2.45, 2.75) is 24.3 Å². The molecule has 0 saturated carbocycles. The molecule has 2 heterocycles. The van der Waals surface area contributed by atoms with Gasteiger partial charge >= 0.3 is 0 Å². The summed E-state index contributed by atoms with van der Waals surface area (Å²) < 4.78 is 41.1. The number of benzene rings is 3. The van der Waals surface area contributed by atoms with Crippen molar-refractivity contribution in [3.63, 3.8) is 0 Å². The number of amides is 1. The largest absolute Gasteiger partial charge is 0.494 e. The fourth-order valence-electron chi connectivity index (χ4n) is 3.63. The van der Waals surface area contributed by atoms with Crippen molar-refractivity contribution in [2.75, 3.05) is 18.4 Å². The number of hydrogen-bond donors (Lipinski definition) is 2. The molecule has 3 aromatic carbocycles. The van der Waals surface area contributed by atoms with E-state index >= 15 is 0 Å². The van der Waals surface area contributed by atoms with Gasteiger partial charge in [0, 0.05) is 6.54 Å². The molecule has 0 saturated heterocycles. The first-order valence-corrected chi connectivity index (χ1v) is 13.5. The molecule has 0 fully saturated rings. The van der Waals surface area contributed by atoms with Gasteiger partial charge in [-0.2, -0.15) is 0 Å². The Labute approximate surface area is 215 Å². The van der Waals surface area contributed by atoms with Crippen LogP contribution in [0.2, 0.25) is 0 Å². The van der Waals surface area contributed by atoms with Crippen LogP contribution in [0.15, 0.2) is 68.4 Å². The lowest BCUT2D eigenvalue weighted by Crippen LogP contribution is -2.27. The lowest BCUT2D eigenvalue weighted by molar-refractivity contribution is -0.120. The molecule has 0 spiro atoms. The Bertz CT molecular complexity index is 1300. The summed E-state index contributed by atoms with van der Waals surface area (Å²) in [5.41, 5.74) is 2.82. The first kappa shape index (κ1) is 24.6. The van der Waals surface area contributed by atoms with E-state index in [1.54, 1.807) is 37.4 Å². The monoisotopic (exact) mass is 608 g/mol. The van der Waals surface area contributed by atoms with Crippen LogP contribution in [0.4, 0.5) is 5.69 Å². The van der Waals surface area contributed by atoms with E-state index in [0.717, 1.165) is 25.6 Å². The molecule has 2 bridgehead atoms. The molecule has 34 heavy (non-hydrogen) atoms. The topological polar surface area (TPSA) is 93.7 Å². The first-order valence-electron chi connectivity index (χ1n) is 10.4. The fraction of sp³-hybridized carbons (Fsp3) is 0.208. The van der Waals surface area contributed by atoms with Crippen LogP contribution in [0.25, 0.3) is 0 Å². The van der Waals surface area contributed by atoms with Gasteiger partial charge in [-0.1, -0.05) is 24.3 Å². The Morgan fingerprint density at radius 3 is 2.50 bits per heavy atom. The number of anilines is 1. The predicted molar refractivity (Wildman–Crippen MR) is 137 cm³/mol. The van der Waals surface area contributed by atoms with Gasteiger partial charge in [-0.3, -0.25) is 9.52 Å². The number of methoxy groups -OCH3 is 1. The minimum absolute atomic E-state index is 0.146. The summed E-state index contributed by atoms with van der Waals surface area (Å²) in [6.45, 7) is 0.658. The highest BCUT2D eigenvalue weighted by molar-refractivity contribution is 9.11. The molecule has 0 aliphatic carbocycles. The third kappa shape index (κ3) is 5.56. The summed E-state index contributed by atoms with van der Waals surface area (Å²) in [6.07, 6.45) is 0.619. The summed E-state index contributed by atoms with van der Waals surface area (Å²) in [5, 5.41) is 2.90. The molecule has 10 heteroatoms. The van der Waals surface area contributed by atoms with Crippen LogP contribution in [0.5, 0.6) is 11.5 Å². The molecule has 0 unspecified atom stereocenters. The Morgan fingerprint density at radius 2 is 1.82 bits per heavy atom. The zero-order valence-corrected chi connectivity index (χ0v) is 22.2. The van der Waals surface area contributed by atoms with E-state index in [0.29, 0.717) is 36.8 Å². The molecule has 2 aliphatic rings. The third-order valence-corrected chi connectivity index (χ3v) is 7.86. The van der Waals surface area contributed by atoms with E-state index in [4.69, 9.17) is 9.47 Å². The van der Waals surface area contributed by atoms with Gasteiger partial charge in [0.2, 0.25) is 5.91 Å². The zero-order chi connectivity index (χ0) is 24.3. The molecule has 2 aliphatic heterocycles. The third-order valence-electron chi connectivity index (χ3n) is 5.32. The number of carbonyl (C=O) groups is 1. The molecule has 1 amide bonds. The number of fused-ring (bicyclic) bond motifs is 4. The average molecular weight is 610 g/mol. The summed E-state index contributed by atoms with van der Waals surface area (Å²) >= 11 is 6.89. The van der Waals surface area contributed by atoms with Gasteiger partial charge in [-0.05, 0) is 85.3 Å². The van der Waals surface area contributed by atoms with Gasteiger partial charge in [0.25, 0.3) is 10.0 Å². The maximum atomic E-state index is 12.9. The normalized spacial score (nSPS) is 13.9. The molecule has 3 aromatic rings. The standard InChI is InChI=1S/C24H22Br2N2O5S/c1-32-24-19(25)11-16(12-20(24)26)13-22(29)27-10-9-17-3-2-4-21-23(17)28-34(30,31)18-7-5-15(6-8-18)14-33-21/h2-8,11-12,28H,9-10,13-14H2,1H3,(H,27,29). The molecule has 7 nitrogen and oxygen atoms in total. The van der Waals surface area contributed by atoms with Crippen molar-refractivity contribution in [1.82, 2.24) is 5.32 Å². The molecule has 2 N–H and O–H groups in total. The second kappa shape index (κ2) is 10.4. The number of rotatable bonds is 6. The summed E-state index contributed by atoms with van der Waals surface area (Å²) in [6, 6.07) is 15.6. The fourth-order valence-corrected chi connectivity index (χ4v) is 6.35. The van der Waals surface area contributed by atoms with Crippen molar-refractivity contribution in [3.05, 3.63) is 80.2 Å². The van der Waals surface area contributed by atoms with Crippen molar-refractivity contribution < 1.29 is 22.7 Å². The van der Waals surface area contributed by atoms with Crippen molar-refractivity contribution in [1.29, 1.82) is 0 Å². The van der Waals surface area contributed by atoms with Crippen molar-refractivity contribution in [3.8, 4) is 11.5 Å². The van der Waals surface area contributed by atoms with E-state index in [1.807, 2.05) is 24.3 Å². The number of hydrogen-bond acceptors (Lipinski definition) is 5. The van der Waals surface area contributed by atoms with Crippen LogP contribution in [-0.2, 0) is 34.3 Å². The van der Waals surface area contributed by atoms with Crippen molar-refractivity contribution in [2.24, 2.45) is 0 Å². The highest BCUT2D eigenvalue weighted by Crippen LogP contribution is 2.35. The Kier molecular flexibility index (Phi) is 7.49. The SMILES string of the molecule is COc1c(Br)cc(CC(=O)NCCc2cccc3c2NS(=O)(=O)c2ccc(cc2)CO3)cc1Br. The number of halogens is 2. The number of ether oxygens (including phenoxy) is 2. The summed E-state index contributed by atoms with van der Waals surface area (Å²) in [7, 11) is -2.20. The predicted octanol–water partition coefficient (Wildman–Crippen LogP) is 4.81. The maximum Gasteiger partial charge on any atom is 0.262 e. The molecular weight excluding hydrogens is 588 g/mol. The van der Waals surface area contributed by atoms with Gasteiger partial charge in [-0.15, -0.1) is 0 Å². The van der Waals surface area contributed by atoms with Gasteiger partial charge < -0.3 is 14.8 Å². The average Bonchev–Trinajstić information content (AvgIpc) is 2.79. The lowest BCUT2D eigenvalue weighted by Gasteiger charge is -2.19. The molecule has 5 rings (SSSR count). The smallest absolute Gasteiger partial charge is 0.262 e. The second-order valence-corrected chi connectivity index (χ2v) is 11.1. The number of nitrogens with one attached hydrogen (secondary N) is 2. The van der Waals surface area contributed by atoms with E-state index in [1.165, 1.54) is 0 Å². The Morgan fingerprint density at radius 1 is 1.12 bits per heavy atom. The van der Waals surface area contributed by atoms with Crippen LogP contribution in [0, 0.1) is 0 Å². The highest BCUT2D eigenvalue weighted by Gasteiger charge is 2.21. The van der Waals surface area contributed by atoms with E-state index < -0.39 is 10.0 Å². The van der Waals surface area contributed by atoms with Gasteiger partial charge in [0.05, 0.1) is 33.1 Å². The van der Waals surface area contributed by atoms with E-state index in [9.17, 15) is 13.2 Å². The van der Waals surface area contributed by atoms with Crippen molar-refractivity contribution >= 4 is 53.5 Å². The lowest BCUT2D eigenvalue weighted by atomic mass is 10.1. The zero-order valence-electron chi connectivity index (χ0n) is 18.2. The van der Waals surface area contributed by atoms with Gasteiger partial charge in [-0.25, -0.2) is 8.42 Å². The highest BCUT2D eigenvalue weighted by atomic mass is 79.9. The summed E-state index contributed by atoms with van der Waals surface area (Å²) in [5.74, 6) is 0.965. The molecule has 0 atom stereocenters. The van der Waals surface area contributed by atoms with Crippen LogP contribution in [0.3, 0.4) is 0 Å². The minimum Gasteiger partial charge on any atom is -0.494 e. The molecule has 178 valence electrons. The van der Waals surface area contributed by atoms with Gasteiger partial charge in [0.1, 0.15) is 18.1 Å². The quantitative estimate of drug-likeness (QED) is 0.418. The van der Waals surface area contributed by atoms with E-state index in [2.05, 4.69) is 41.9 Å². The van der Waals surface area contributed by atoms with Crippen LogP contribution < -0.4 is 19.5 Å².